The molecule has 1 nitrogen and oxygen atoms in total. The maximum absolute atomic E-state index is 11.9. The number of benzene rings is 1. The van der Waals surface area contributed by atoms with Gasteiger partial charge in [-0.25, -0.2) is 0 Å². The number of hydrogen-bond donors (Lipinski definition) is 0. The number of aryl methyl sites for hydroxylation is 1. The van der Waals surface area contributed by atoms with E-state index in [1.165, 1.54) is 16.0 Å². The number of ketones is 1. The maximum atomic E-state index is 11.9. The minimum absolute atomic E-state index is 0.266. The summed E-state index contributed by atoms with van der Waals surface area (Å²) < 4.78 is 0. The van der Waals surface area contributed by atoms with Crippen LogP contribution in [-0.4, -0.2) is 5.78 Å². The topological polar surface area (TPSA) is 17.1 Å². The van der Waals surface area contributed by atoms with Crippen LogP contribution in [0.15, 0.2) is 36.4 Å². The zero-order valence-corrected chi connectivity index (χ0v) is 11.7. The van der Waals surface area contributed by atoms with Crippen LogP contribution >= 0.6 is 11.3 Å². The van der Waals surface area contributed by atoms with Crippen LogP contribution in [0.25, 0.3) is 10.4 Å². The smallest absolute Gasteiger partial charge is 0.172 e. The summed E-state index contributed by atoms with van der Waals surface area (Å²) in [5.74, 6) is 0.266. The molecule has 1 heterocycles. The van der Waals surface area contributed by atoms with Crippen LogP contribution in [0.1, 0.15) is 41.9 Å². The van der Waals surface area contributed by atoms with E-state index in [0.717, 1.165) is 17.7 Å². The van der Waals surface area contributed by atoms with Gasteiger partial charge >= 0.3 is 0 Å². The molecule has 0 N–H and O–H groups in total. The van der Waals surface area contributed by atoms with Crippen LogP contribution in [0.4, 0.5) is 0 Å². The number of hydrogen-bond acceptors (Lipinski definition) is 2. The lowest BCUT2D eigenvalue weighted by Crippen LogP contribution is -1.93. The van der Waals surface area contributed by atoms with E-state index < -0.39 is 0 Å². The standard InChI is InChI=1S/C16H18OS/c1-3-7-14(17)16-11-10-15(18-16)13-9-6-5-8-12(13)4-2/h5-6,8-11H,3-4,7H2,1-2H3. The van der Waals surface area contributed by atoms with Crippen molar-refractivity contribution in [2.45, 2.75) is 33.1 Å². The summed E-state index contributed by atoms with van der Waals surface area (Å²) in [7, 11) is 0. The van der Waals surface area contributed by atoms with Gasteiger partial charge in [-0.1, -0.05) is 38.1 Å². The van der Waals surface area contributed by atoms with Crippen LogP contribution in [0.3, 0.4) is 0 Å². The highest BCUT2D eigenvalue weighted by Gasteiger charge is 2.10. The van der Waals surface area contributed by atoms with Crippen molar-refractivity contribution in [2.24, 2.45) is 0 Å². The van der Waals surface area contributed by atoms with Crippen molar-refractivity contribution in [3.05, 3.63) is 46.8 Å². The van der Waals surface area contributed by atoms with Gasteiger partial charge in [0.2, 0.25) is 0 Å². The van der Waals surface area contributed by atoms with E-state index in [9.17, 15) is 4.79 Å². The molecule has 0 aliphatic carbocycles. The summed E-state index contributed by atoms with van der Waals surface area (Å²) in [5, 5.41) is 0. The van der Waals surface area contributed by atoms with Gasteiger partial charge in [0.15, 0.2) is 5.78 Å². The third kappa shape index (κ3) is 2.70. The molecular formula is C16H18OS. The van der Waals surface area contributed by atoms with Gasteiger partial charge in [-0.2, -0.15) is 0 Å². The molecule has 2 heteroatoms. The molecule has 0 saturated carbocycles. The molecule has 18 heavy (non-hydrogen) atoms. The third-order valence-corrected chi connectivity index (χ3v) is 4.18. The maximum Gasteiger partial charge on any atom is 0.172 e. The minimum Gasteiger partial charge on any atom is -0.293 e. The third-order valence-electron chi connectivity index (χ3n) is 3.02. The Kier molecular flexibility index (Phi) is 4.32. The monoisotopic (exact) mass is 258 g/mol. The molecule has 0 bridgehead atoms. The zero-order chi connectivity index (χ0) is 13.0. The lowest BCUT2D eigenvalue weighted by Gasteiger charge is -2.04. The quantitative estimate of drug-likeness (QED) is 0.693. The van der Waals surface area contributed by atoms with Crippen LogP contribution < -0.4 is 0 Å². The molecule has 2 aromatic rings. The van der Waals surface area contributed by atoms with E-state index in [1.807, 2.05) is 13.0 Å². The molecule has 1 aromatic heterocycles. The Bertz CT molecular complexity index is 540. The zero-order valence-electron chi connectivity index (χ0n) is 10.9. The normalized spacial score (nSPS) is 10.6. The molecular weight excluding hydrogens is 240 g/mol. The highest BCUT2D eigenvalue weighted by Crippen LogP contribution is 2.31. The molecule has 0 aliphatic rings. The molecule has 1 aromatic carbocycles. The van der Waals surface area contributed by atoms with E-state index >= 15 is 0 Å². The molecule has 0 fully saturated rings. The number of Topliss-reactive ketones (excluding diaryl/α,β-unsaturated/α-hetero) is 1. The highest BCUT2D eigenvalue weighted by atomic mass is 32.1. The second-order valence-electron chi connectivity index (χ2n) is 4.35. The summed E-state index contributed by atoms with van der Waals surface area (Å²) in [5.41, 5.74) is 2.61. The van der Waals surface area contributed by atoms with Crippen LogP contribution in [0.2, 0.25) is 0 Å². The molecule has 0 spiro atoms. The van der Waals surface area contributed by atoms with Crippen molar-refractivity contribution < 1.29 is 4.79 Å². The Hall–Kier alpha value is -1.41. The van der Waals surface area contributed by atoms with Gasteiger partial charge < -0.3 is 0 Å². The van der Waals surface area contributed by atoms with E-state index in [4.69, 9.17) is 0 Å². The van der Waals surface area contributed by atoms with Crippen molar-refractivity contribution in [1.82, 2.24) is 0 Å². The van der Waals surface area contributed by atoms with Crippen molar-refractivity contribution >= 4 is 17.1 Å². The van der Waals surface area contributed by atoms with Crippen molar-refractivity contribution in [3.63, 3.8) is 0 Å². The first-order chi connectivity index (χ1) is 8.76. The van der Waals surface area contributed by atoms with E-state index in [2.05, 4.69) is 37.3 Å². The van der Waals surface area contributed by atoms with E-state index in [-0.39, 0.29) is 5.78 Å². The van der Waals surface area contributed by atoms with Gasteiger partial charge in [-0.15, -0.1) is 11.3 Å². The van der Waals surface area contributed by atoms with Gasteiger partial charge in [0.1, 0.15) is 0 Å². The lowest BCUT2D eigenvalue weighted by atomic mass is 10.0. The average molecular weight is 258 g/mol. The number of carbonyl (C=O) groups is 1. The van der Waals surface area contributed by atoms with Crippen molar-refractivity contribution in [2.75, 3.05) is 0 Å². The first kappa shape index (κ1) is 13.0. The fourth-order valence-corrected chi connectivity index (χ4v) is 3.09. The summed E-state index contributed by atoms with van der Waals surface area (Å²) in [4.78, 5) is 13.9. The Morgan fingerprint density at radius 2 is 1.89 bits per heavy atom. The Morgan fingerprint density at radius 3 is 2.61 bits per heavy atom. The molecule has 0 saturated heterocycles. The molecule has 0 amide bonds. The summed E-state index contributed by atoms with van der Waals surface area (Å²) in [6, 6.07) is 12.5. The predicted octanol–water partition coefficient (Wildman–Crippen LogP) is 4.96. The largest absolute Gasteiger partial charge is 0.293 e. The van der Waals surface area contributed by atoms with Gasteiger partial charge in [0, 0.05) is 11.3 Å². The Balaban J connectivity index is 2.32. The number of rotatable bonds is 5. The lowest BCUT2D eigenvalue weighted by molar-refractivity contribution is 0.0985. The molecule has 0 atom stereocenters. The Morgan fingerprint density at radius 1 is 1.11 bits per heavy atom. The molecule has 2 rings (SSSR count). The number of thiophene rings is 1. The van der Waals surface area contributed by atoms with Gasteiger partial charge in [-0.05, 0) is 36.1 Å². The summed E-state index contributed by atoms with van der Waals surface area (Å²) in [6.07, 6.45) is 2.58. The highest BCUT2D eigenvalue weighted by molar-refractivity contribution is 7.17. The fraction of sp³-hybridized carbons (Fsp3) is 0.312. The van der Waals surface area contributed by atoms with E-state index in [0.29, 0.717) is 6.42 Å². The predicted molar refractivity (Wildman–Crippen MR) is 78.4 cm³/mol. The van der Waals surface area contributed by atoms with Gasteiger partial charge in [0.25, 0.3) is 0 Å². The van der Waals surface area contributed by atoms with Crippen molar-refractivity contribution in [3.8, 4) is 10.4 Å². The van der Waals surface area contributed by atoms with E-state index in [1.54, 1.807) is 11.3 Å². The fourth-order valence-electron chi connectivity index (χ4n) is 2.05. The number of carbonyl (C=O) groups excluding carboxylic acids is 1. The first-order valence-electron chi connectivity index (χ1n) is 6.47. The van der Waals surface area contributed by atoms with Crippen molar-refractivity contribution in [1.29, 1.82) is 0 Å². The summed E-state index contributed by atoms with van der Waals surface area (Å²) >= 11 is 1.61. The van der Waals surface area contributed by atoms with Gasteiger partial charge in [-0.3, -0.25) is 4.79 Å². The van der Waals surface area contributed by atoms with Crippen LogP contribution in [0, 0.1) is 0 Å². The molecule has 0 radical (unpaired) electrons. The van der Waals surface area contributed by atoms with Crippen LogP contribution in [0.5, 0.6) is 0 Å². The molecule has 0 unspecified atom stereocenters. The second-order valence-corrected chi connectivity index (χ2v) is 5.43. The molecule has 94 valence electrons. The summed E-state index contributed by atoms with van der Waals surface area (Å²) in [6.45, 7) is 4.20. The van der Waals surface area contributed by atoms with Gasteiger partial charge in [0.05, 0.1) is 4.88 Å². The second kappa shape index (κ2) is 5.96. The minimum atomic E-state index is 0.266. The average Bonchev–Trinajstić information content (AvgIpc) is 2.88. The first-order valence-corrected chi connectivity index (χ1v) is 7.29. The molecule has 0 aliphatic heterocycles. The Labute approximate surface area is 112 Å². The SMILES string of the molecule is CCCC(=O)c1ccc(-c2ccccc2CC)s1. The van der Waals surface area contributed by atoms with Crippen LogP contribution in [-0.2, 0) is 6.42 Å².